The van der Waals surface area contributed by atoms with Crippen LogP contribution in [0.1, 0.15) is 33.6 Å². The summed E-state index contributed by atoms with van der Waals surface area (Å²) in [7, 11) is 3.42. The minimum absolute atomic E-state index is 0.0548. The molecular weight excluding hydrogens is 336 g/mol. The number of rotatable bonds is 4. The number of carbonyl (C=O) groups excluding carboxylic acids is 3. The molecule has 1 atom stereocenters. The van der Waals surface area contributed by atoms with Gasteiger partial charge in [0.2, 0.25) is 5.91 Å². The number of urea groups is 1. The first kappa shape index (κ1) is 20.0. The van der Waals surface area contributed by atoms with Crippen molar-refractivity contribution in [2.75, 3.05) is 33.7 Å². The van der Waals surface area contributed by atoms with Crippen LogP contribution < -0.4 is 16.0 Å². The minimum atomic E-state index is -0.854. The van der Waals surface area contributed by atoms with Crippen LogP contribution >= 0.6 is 0 Å². The molecule has 9 nitrogen and oxygen atoms in total. The summed E-state index contributed by atoms with van der Waals surface area (Å²) in [5, 5.41) is 8.40. The molecule has 2 aliphatic rings. The summed E-state index contributed by atoms with van der Waals surface area (Å²) < 4.78 is 0. The summed E-state index contributed by atoms with van der Waals surface area (Å²) in [6.45, 7) is 7.34. The van der Waals surface area contributed by atoms with Crippen molar-refractivity contribution >= 4 is 23.8 Å². The Hall–Kier alpha value is -2.32. The smallest absolute Gasteiger partial charge is 0.322 e. The number of nitrogens with zero attached hydrogens (tertiary/aromatic N) is 3. The Kier molecular flexibility index (Phi) is 6.09. The number of amides is 4. The van der Waals surface area contributed by atoms with Crippen LogP contribution in [0.2, 0.25) is 0 Å². The maximum atomic E-state index is 12.1. The van der Waals surface area contributed by atoms with Gasteiger partial charge in [0.15, 0.2) is 5.96 Å². The number of guanidine groups is 1. The Labute approximate surface area is 154 Å². The van der Waals surface area contributed by atoms with Crippen LogP contribution in [0.3, 0.4) is 0 Å². The zero-order valence-corrected chi connectivity index (χ0v) is 16.3. The van der Waals surface area contributed by atoms with Gasteiger partial charge in [-0.25, -0.2) is 9.79 Å². The predicted octanol–water partition coefficient (Wildman–Crippen LogP) is -0.261. The molecule has 0 aliphatic carbocycles. The van der Waals surface area contributed by atoms with Crippen molar-refractivity contribution in [3.05, 3.63) is 0 Å². The van der Waals surface area contributed by atoms with E-state index in [1.54, 1.807) is 21.0 Å². The summed E-state index contributed by atoms with van der Waals surface area (Å²) in [4.78, 5) is 43.5. The van der Waals surface area contributed by atoms with E-state index in [9.17, 15) is 14.4 Å². The van der Waals surface area contributed by atoms with Crippen molar-refractivity contribution in [3.8, 4) is 0 Å². The molecule has 2 fully saturated rings. The van der Waals surface area contributed by atoms with E-state index in [2.05, 4.69) is 25.8 Å². The van der Waals surface area contributed by atoms with Crippen molar-refractivity contribution in [1.29, 1.82) is 0 Å². The zero-order chi connectivity index (χ0) is 19.5. The van der Waals surface area contributed by atoms with Crippen molar-refractivity contribution in [3.63, 3.8) is 0 Å². The molecule has 0 aromatic rings. The number of piperidine rings is 1. The molecule has 0 aromatic carbocycles. The van der Waals surface area contributed by atoms with E-state index in [1.165, 1.54) is 4.90 Å². The summed E-state index contributed by atoms with van der Waals surface area (Å²) in [5.74, 6) is 0.458. The fourth-order valence-corrected chi connectivity index (χ4v) is 3.29. The van der Waals surface area contributed by atoms with Gasteiger partial charge in [-0.3, -0.25) is 14.9 Å². The molecule has 0 saturated carbocycles. The number of hydrogen-bond donors (Lipinski definition) is 3. The van der Waals surface area contributed by atoms with Crippen molar-refractivity contribution in [2.45, 2.75) is 45.2 Å². The van der Waals surface area contributed by atoms with Crippen LogP contribution in [-0.4, -0.2) is 78.9 Å². The Morgan fingerprint density at radius 3 is 2.42 bits per heavy atom. The van der Waals surface area contributed by atoms with Gasteiger partial charge < -0.3 is 20.4 Å². The van der Waals surface area contributed by atoms with Gasteiger partial charge in [-0.1, -0.05) is 0 Å². The lowest BCUT2D eigenvalue weighted by atomic mass is 9.79. The number of likely N-dealkylation sites (N-methyl/N-ethyl adjacent to an activating group) is 1. The third kappa shape index (κ3) is 4.44. The van der Waals surface area contributed by atoms with Gasteiger partial charge in [-0.05, 0) is 39.5 Å². The Morgan fingerprint density at radius 1 is 1.35 bits per heavy atom. The van der Waals surface area contributed by atoms with Gasteiger partial charge in [-0.15, -0.1) is 0 Å². The highest BCUT2D eigenvalue weighted by Gasteiger charge is 2.48. The first-order valence-corrected chi connectivity index (χ1v) is 9.03. The molecule has 4 amide bonds. The maximum absolute atomic E-state index is 12.1. The standard InChI is InChI=1S/C17H30N6O3/c1-11(2)19-15(18-10-13(24)22(4)5)23-8-6-12(7-9-23)17(3)14(25)20-16(26)21-17/h11-12H,6-10H2,1-5H3,(H,18,19)(H2,20,21,25,26). The Bertz CT molecular complexity index is 595. The molecule has 26 heavy (non-hydrogen) atoms. The molecule has 2 aliphatic heterocycles. The van der Waals surface area contributed by atoms with Gasteiger partial charge in [0.25, 0.3) is 5.91 Å². The highest BCUT2D eigenvalue weighted by atomic mass is 16.2. The highest BCUT2D eigenvalue weighted by Crippen LogP contribution is 2.30. The molecule has 9 heteroatoms. The van der Waals surface area contributed by atoms with Crippen molar-refractivity contribution in [1.82, 2.24) is 25.8 Å². The van der Waals surface area contributed by atoms with Gasteiger partial charge >= 0.3 is 6.03 Å². The topological polar surface area (TPSA) is 106 Å². The molecule has 146 valence electrons. The van der Waals surface area contributed by atoms with Crippen LogP contribution in [0.25, 0.3) is 0 Å². The first-order chi connectivity index (χ1) is 12.1. The molecule has 1 unspecified atom stereocenters. The highest BCUT2D eigenvalue weighted by molar-refractivity contribution is 6.07. The molecule has 2 rings (SSSR count). The van der Waals surface area contributed by atoms with Crippen LogP contribution in [0, 0.1) is 5.92 Å². The van der Waals surface area contributed by atoms with E-state index < -0.39 is 11.6 Å². The maximum Gasteiger partial charge on any atom is 0.322 e. The van der Waals surface area contributed by atoms with E-state index in [4.69, 9.17) is 0 Å². The van der Waals surface area contributed by atoms with Crippen LogP contribution in [0.15, 0.2) is 4.99 Å². The molecule has 0 radical (unpaired) electrons. The number of likely N-dealkylation sites (tertiary alicyclic amines) is 1. The van der Waals surface area contributed by atoms with E-state index in [-0.39, 0.29) is 30.3 Å². The molecule has 2 heterocycles. The Morgan fingerprint density at radius 2 is 1.96 bits per heavy atom. The largest absolute Gasteiger partial charge is 0.354 e. The number of aliphatic imine (C=N–C) groups is 1. The van der Waals surface area contributed by atoms with Gasteiger partial charge in [0.1, 0.15) is 12.1 Å². The third-order valence-corrected chi connectivity index (χ3v) is 4.96. The lowest BCUT2D eigenvalue weighted by Gasteiger charge is -2.40. The van der Waals surface area contributed by atoms with E-state index in [0.717, 1.165) is 12.8 Å². The minimum Gasteiger partial charge on any atom is -0.354 e. The normalized spacial score (nSPS) is 24.5. The van der Waals surface area contributed by atoms with Crippen LogP contribution in [0.5, 0.6) is 0 Å². The average Bonchev–Trinajstić information content (AvgIpc) is 2.84. The summed E-state index contributed by atoms with van der Waals surface area (Å²) in [6, 6.07) is -0.232. The molecule has 2 saturated heterocycles. The second-order valence-electron chi connectivity index (χ2n) is 7.60. The second-order valence-corrected chi connectivity index (χ2v) is 7.60. The third-order valence-electron chi connectivity index (χ3n) is 4.96. The lowest BCUT2D eigenvalue weighted by Crippen LogP contribution is -2.56. The molecular formula is C17H30N6O3. The second kappa shape index (κ2) is 7.92. The molecule has 0 aromatic heterocycles. The van der Waals surface area contributed by atoms with E-state index in [1.807, 2.05) is 13.8 Å². The quantitative estimate of drug-likeness (QED) is 0.361. The fourth-order valence-electron chi connectivity index (χ4n) is 3.29. The summed E-state index contributed by atoms with van der Waals surface area (Å²) in [5.41, 5.74) is -0.854. The number of imide groups is 1. The van der Waals surface area contributed by atoms with Gasteiger partial charge in [0, 0.05) is 33.2 Å². The fraction of sp³-hybridized carbons (Fsp3) is 0.765. The lowest BCUT2D eigenvalue weighted by molar-refractivity contribution is -0.127. The SMILES string of the molecule is CC(C)NC(=NCC(=O)N(C)C)N1CCC(C2(C)NC(=O)NC2=O)CC1. The van der Waals surface area contributed by atoms with Crippen molar-refractivity contribution < 1.29 is 14.4 Å². The predicted molar refractivity (Wildman–Crippen MR) is 98.6 cm³/mol. The summed E-state index contributed by atoms with van der Waals surface area (Å²) >= 11 is 0. The first-order valence-electron chi connectivity index (χ1n) is 9.03. The number of carbonyl (C=O) groups is 3. The van der Waals surface area contributed by atoms with Gasteiger partial charge in [0.05, 0.1) is 0 Å². The van der Waals surface area contributed by atoms with Gasteiger partial charge in [-0.2, -0.15) is 0 Å². The summed E-state index contributed by atoms with van der Waals surface area (Å²) in [6.07, 6.45) is 1.51. The average molecular weight is 366 g/mol. The molecule has 0 spiro atoms. The van der Waals surface area contributed by atoms with E-state index >= 15 is 0 Å². The number of hydrogen-bond acceptors (Lipinski definition) is 4. The number of nitrogens with one attached hydrogen (secondary N) is 3. The Balaban J connectivity index is 2.02. The molecule has 0 bridgehead atoms. The molecule has 3 N–H and O–H groups in total. The van der Waals surface area contributed by atoms with E-state index in [0.29, 0.717) is 19.0 Å². The monoisotopic (exact) mass is 366 g/mol. The van der Waals surface area contributed by atoms with Crippen LogP contribution in [0.4, 0.5) is 4.79 Å². The van der Waals surface area contributed by atoms with Crippen LogP contribution in [-0.2, 0) is 9.59 Å². The zero-order valence-electron chi connectivity index (χ0n) is 16.3. The van der Waals surface area contributed by atoms with Crippen molar-refractivity contribution in [2.24, 2.45) is 10.9 Å².